The van der Waals surface area contributed by atoms with Crippen molar-refractivity contribution in [3.8, 4) is 0 Å². The Morgan fingerprint density at radius 2 is 1.86 bits per heavy atom. The fourth-order valence-electron chi connectivity index (χ4n) is 4.74. The standard InChI is InChI=1S/C27H34FN5O2/c1-20(2)30-12-6-13-32(21(3)34)26-17-24(28)10-9-23(26)19-31(16-15-30)27(35)11-14-33-25-8-5-4-7-22(25)18-29-33/h4-5,7-10,17-18,20H,6,11-16,19H2,1-3H3. The average molecular weight is 480 g/mol. The fourth-order valence-corrected chi connectivity index (χ4v) is 4.74. The van der Waals surface area contributed by atoms with Gasteiger partial charge in [-0.15, -0.1) is 0 Å². The molecule has 1 aliphatic heterocycles. The van der Waals surface area contributed by atoms with Gasteiger partial charge in [-0.3, -0.25) is 19.2 Å². The van der Waals surface area contributed by atoms with Gasteiger partial charge in [-0.25, -0.2) is 4.39 Å². The van der Waals surface area contributed by atoms with E-state index in [1.807, 2.05) is 40.0 Å². The Hall–Kier alpha value is -3.26. The summed E-state index contributed by atoms with van der Waals surface area (Å²) in [6.45, 7) is 9.20. The highest BCUT2D eigenvalue weighted by Crippen LogP contribution is 2.25. The Morgan fingerprint density at radius 1 is 1.06 bits per heavy atom. The average Bonchev–Trinajstić information content (AvgIpc) is 3.23. The molecule has 2 aromatic carbocycles. The smallest absolute Gasteiger partial charge is 0.224 e. The van der Waals surface area contributed by atoms with Gasteiger partial charge in [0.25, 0.3) is 0 Å². The second-order valence-electron chi connectivity index (χ2n) is 9.42. The molecule has 186 valence electrons. The molecule has 2 heterocycles. The number of aryl methyl sites for hydroxylation is 1. The van der Waals surface area contributed by atoms with E-state index in [1.54, 1.807) is 11.0 Å². The van der Waals surface area contributed by atoms with Crippen molar-refractivity contribution < 1.29 is 14.0 Å². The molecule has 0 unspecified atom stereocenters. The predicted molar refractivity (Wildman–Crippen MR) is 136 cm³/mol. The summed E-state index contributed by atoms with van der Waals surface area (Å²) in [5, 5.41) is 5.49. The number of para-hydroxylation sites is 1. The molecule has 0 bridgehead atoms. The molecule has 2 amide bonds. The summed E-state index contributed by atoms with van der Waals surface area (Å²) in [6, 6.07) is 12.8. The highest BCUT2D eigenvalue weighted by atomic mass is 19.1. The van der Waals surface area contributed by atoms with Gasteiger partial charge in [0.05, 0.1) is 23.9 Å². The molecule has 1 aliphatic rings. The second kappa shape index (κ2) is 11.0. The number of halogens is 1. The van der Waals surface area contributed by atoms with Gasteiger partial charge in [-0.2, -0.15) is 5.10 Å². The topological polar surface area (TPSA) is 61.7 Å². The van der Waals surface area contributed by atoms with Gasteiger partial charge in [0.2, 0.25) is 11.8 Å². The summed E-state index contributed by atoms with van der Waals surface area (Å²) in [5.41, 5.74) is 2.32. The maximum Gasteiger partial charge on any atom is 0.224 e. The van der Waals surface area contributed by atoms with E-state index in [9.17, 15) is 14.0 Å². The maximum absolute atomic E-state index is 14.2. The minimum absolute atomic E-state index is 0.0113. The summed E-state index contributed by atoms with van der Waals surface area (Å²) in [5.74, 6) is -0.509. The van der Waals surface area contributed by atoms with Gasteiger partial charge in [-0.05, 0) is 44.0 Å². The number of hydrogen-bond donors (Lipinski definition) is 0. The zero-order valence-electron chi connectivity index (χ0n) is 20.8. The van der Waals surface area contributed by atoms with Gasteiger partial charge in [0.1, 0.15) is 5.82 Å². The molecule has 0 aliphatic carbocycles. The number of carbonyl (C=O) groups excluding carboxylic acids is 2. The minimum atomic E-state index is -0.392. The summed E-state index contributed by atoms with van der Waals surface area (Å²) in [7, 11) is 0. The molecular weight excluding hydrogens is 445 g/mol. The van der Waals surface area contributed by atoms with Gasteiger partial charge in [0, 0.05) is 57.5 Å². The number of aromatic nitrogens is 2. The van der Waals surface area contributed by atoms with Crippen molar-refractivity contribution in [2.75, 3.05) is 31.1 Å². The molecule has 0 N–H and O–H groups in total. The number of anilines is 1. The van der Waals surface area contributed by atoms with E-state index in [2.05, 4.69) is 23.8 Å². The van der Waals surface area contributed by atoms with E-state index < -0.39 is 5.82 Å². The van der Waals surface area contributed by atoms with Crippen LogP contribution in [0, 0.1) is 5.82 Å². The molecule has 35 heavy (non-hydrogen) atoms. The van der Waals surface area contributed by atoms with Crippen LogP contribution < -0.4 is 4.90 Å². The molecule has 0 atom stereocenters. The first kappa shape index (κ1) is 24.9. The van der Waals surface area contributed by atoms with Crippen LogP contribution in [-0.4, -0.2) is 63.6 Å². The Labute approximate surface area is 206 Å². The molecular formula is C27H34FN5O2. The van der Waals surface area contributed by atoms with Crippen LogP contribution in [0.15, 0.2) is 48.7 Å². The highest BCUT2D eigenvalue weighted by molar-refractivity contribution is 5.92. The van der Waals surface area contributed by atoms with Crippen molar-refractivity contribution in [3.05, 3.63) is 60.0 Å². The first-order valence-corrected chi connectivity index (χ1v) is 12.3. The van der Waals surface area contributed by atoms with E-state index in [0.717, 1.165) is 36.0 Å². The molecule has 0 spiro atoms. The number of amides is 2. The summed E-state index contributed by atoms with van der Waals surface area (Å²) < 4.78 is 16.1. The van der Waals surface area contributed by atoms with Crippen LogP contribution in [0.1, 0.15) is 39.2 Å². The minimum Gasteiger partial charge on any atom is -0.337 e. The van der Waals surface area contributed by atoms with Gasteiger partial charge in [-0.1, -0.05) is 24.3 Å². The zero-order valence-corrected chi connectivity index (χ0v) is 20.8. The van der Waals surface area contributed by atoms with Crippen molar-refractivity contribution in [1.82, 2.24) is 19.6 Å². The van der Waals surface area contributed by atoms with Crippen LogP contribution in [0.25, 0.3) is 10.9 Å². The third-order valence-electron chi connectivity index (χ3n) is 6.74. The Balaban J connectivity index is 1.60. The second-order valence-corrected chi connectivity index (χ2v) is 9.42. The lowest BCUT2D eigenvalue weighted by atomic mass is 10.1. The molecule has 0 fully saturated rings. The van der Waals surface area contributed by atoms with E-state index >= 15 is 0 Å². The molecule has 0 saturated heterocycles. The number of fused-ring (bicyclic) bond motifs is 2. The quantitative estimate of drug-likeness (QED) is 0.566. The number of carbonyl (C=O) groups is 2. The first-order chi connectivity index (χ1) is 16.8. The molecule has 4 rings (SSSR count). The number of rotatable bonds is 4. The monoisotopic (exact) mass is 479 g/mol. The van der Waals surface area contributed by atoms with Crippen molar-refractivity contribution in [2.45, 2.75) is 52.7 Å². The Morgan fingerprint density at radius 3 is 2.63 bits per heavy atom. The van der Waals surface area contributed by atoms with Crippen LogP contribution in [-0.2, 0) is 22.7 Å². The molecule has 3 aromatic rings. The fraction of sp³-hybridized carbons (Fsp3) is 0.444. The normalized spacial score (nSPS) is 15.8. The lowest BCUT2D eigenvalue weighted by Gasteiger charge is -2.30. The zero-order chi connectivity index (χ0) is 24.9. The largest absolute Gasteiger partial charge is 0.337 e. The maximum atomic E-state index is 14.2. The van der Waals surface area contributed by atoms with E-state index in [-0.39, 0.29) is 11.8 Å². The highest BCUT2D eigenvalue weighted by Gasteiger charge is 2.23. The number of benzene rings is 2. The van der Waals surface area contributed by atoms with Crippen molar-refractivity contribution in [1.29, 1.82) is 0 Å². The lowest BCUT2D eigenvalue weighted by molar-refractivity contribution is -0.132. The summed E-state index contributed by atoms with van der Waals surface area (Å²) >= 11 is 0. The Kier molecular flexibility index (Phi) is 7.80. The van der Waals surface area contributed by atoms with Crippen molar-refractivity contribution in [3.63, 3.8) is 0 Å². The van der Waals surface area contributed by atoms with E-state index in [4.69, 9.17) is 0 Å². The summed E-state index contributed by atoms with van der Waals surface area (Å²) in [6.07, 6.45) is 2.89. The van der Waals surface area contributed by atoms with Crippen LogP contribution in [0.5, 0.6) is 0 Å². The molecule has 7 nitrogen and oxygen atoms in total. The molecule has 0 saturated carbocycles. The van der Waals surface area contributed by atoms with Gasteiger partial charge < -0.3 is 9.80 Å². The lowest BCUT2D eigenvalue weighted by Crippen LogP contribution is -2.41. The van der Waals surface area contributed by atoms with Crippen molar-refractivity contribution >= 4 is 28.4 Å². The van der Waals surface area contributed by atoms with E-state index in [1.165, 1.54) is 19.1 Å². The SMILES string of the molecule is CC(=O)N1CCCN(C(C)C)CCN(C(=O)CCn2ncc3ccccc32)Cc2ccc(F)cc21. The van der Waals surface area contributed by atoms with Gasteiger partial charge in [0.15, 0.2) is 0 Å². The third kappa shape index (κ3) is 5.88. The first-order valence-electron chi connectivity index (χ1n) is 12.3. The number of hydrogen-bond acceptors (Lipinski definition) is 4. The molecule has 1 aromatic heterocycles. The van der Waals surface area contributed by atoms with Gasteiger partial charge >= 0.3 is 0 Å². The van der Waals surface area contributed by atoms with Crippen LogP contribution in [0.4, 0.5) is 10.1 Å². The van der Waals surface area contributed by atoms with Crippen LogP contribution >= 0.6 is 0 Å². The molecule has 8 heteroatoms. The third-order valence-corrected chi connectivity index (χ3v) is 6.74. The van der Waals surface area contributed by atoms with Crippen LogP contribution in [0.2, 0.25) is 0 Å². The molecule has 0 radical (unpaired) electrons. The van der Waals surface area contributed by atoms with E-state index in [0.29, 0.717) is 44.3 Å². The van der Waals surface area contributed by atoms with Crippen LogP contribution in [0.3, 0.4) is 0 Å². The Bertz CT molecular complexity index is 1190. The predicted octanol–water partition coefficient (Wildman–Crippen LogP) is 4.06. The van der Waals surface area contributed by atoms with Crippen molar-refractivity contribution in [2.24, 2.45) is 0 Å². The number of nitrogens with zero attached hydrogens (tertiary/aromatic N) is 5. The summed E-state index contributed by atoms with van der Waals surface area (Å²) in [4.78, 5) is 31.8.